The van der Waals surface area contributed by atoms with E-state index in [2.05, 4.69) is 50.8 Å². The lowest BCUT2D eigenvalue weighted by Crippen LogP contribution is -2.47. The number of carbonyl (C=O) groups excluding carboxylic acids is 1. The van der Waals surface area contributed by atoms with Crippen LogP contribution in [-0.2, 0) is 11.3 Å². The van der Waals surface area contributed by atoms with E-state index in [1.807, 2.05) is 0 Å². The minimum Gasteiger partial charge on any atom is -0.493 e. The molecule has 1 aromatic rings. The first-order valence-electron chi connectivity index (χ1n) is 15.1. The molecule has 204 valence electrons. The molecule has 0 spiro atoms. The van der Waals surface area contributed by atoms with Crippen LogP contribution in [0.1, 0.15) is 91.0 Å². The van der Waals surface area contributed by atoms with Crippen LogP contribution in [-0.4, -0.2) is 37.5 Å². The Balaban J connectivity index is 1.22. The van der Waals surface area contributed by atoms with Gasteiger partial charge in [0.15, 0.2) is 11.5 Å². The number of nitrogens with zero attached hydrogens (tertiary/aromatic N) is 1. The number of Topliss-reactive ketones (excluding diaryl/α,β-unsaturated/α-hetero) is 1. The molecule has 0 N–H and O–H groups in total. The monoisotopic (exact) mass is 507 g/mol. The smallest absolute Gasteiger partial charge is 0.161 e. The molecule has 0 saturated heterocycles. The fourth-order valence-electron chi connectivity index (χ4n) is 8.99. The number of rotatable bonds is 9. The van der Waals surface area contributed by atoms with Crippen LogP contribution in [0.4, 0.5) is 0 Å². The Kier molecular flexibility index (Phi) is 8.05. The molecular formula is C33H49NO3. The Morgan fingerprint density at radius 1 is 1.08 bits per heavy atom. The van der Waals surface area contributed by atoms with Crippen molar-refractivity contribution >= 4 is 5.78 Å². The van der Waals surface area contributed by atoms with Gasteiger partial charge in [0.2, 0.25) is 0 Å². The van der Waals surface area contributed by atoms with Gasteiger partial charge in [0.1, 0.15) is 5.78 Å². The van der Waals surface area contributed by atoms with Gasteiger partial charge < -0.3 is 9.47 Å². The van der Waals surface area contributed by atoms with Crippen molar-refractivity contribution in [1.29, 1.82) is 0 Å². The molecule has 4 aliphatic rings. The van der Waals surface area contributed by atoms with E-state index in [0.717, 1.165) is 87.1 Å². The van der Waals surface area contributed by atoms with Gasteiger partial charge in [-0.15, -0.1) is 0 Å². The summed E-state index contributed by atoms with van der Waals surface area (Å²) >= 11 is 0. The molecule has 4 heteroatoms. The lowest BCUT2D eigenvalue weighted by atomic mass is 9.50. The van der Waals surface area contributed by atoms with Crippen molar-refractivity contribution in [2.75, 3.05) is 26.8 Å². The zero-order valence-corrected chi connectivity index (χ0v) is 24.0. The number of hydrogen-bond acceptors (Lipinski definition) is 4. The first kappa shape index (κ1) is 26.8. The summed E-state index contributed by atoms with van der Waals surface area (Å²) in [4.78, 5) is 14.5. The summed E-state index contributed by atoms with van der Waals surface area (Å²) < 4.78 is 12.1. The van der Waals surface area contributed by atoms with Crippen LogP contribution in [0.2, 0.25) is 0 Å². The highest BCUT2D eigenvalue weighted by molar-refractivity contribution is 5.82. The quantitative estimate of drug-likeness (QED) is 0.325. The number of methoxy groups -OCH3 is 1. The highest BCUT2D eigenvalue weighted by Gasteiger charge is 2.56. The van der Waals surface area contributed by atoms with Crippen LogP contribution in [0.5, 0.6) is 11.5 Å². The Morgan fingerprint density at radius 2 is 1.89 bits per heavy atom. The molecule has 2 fully saturated rings. The summed E-state index contributed by atoms with van der Waals surface area (Å²) in [5.41, 5.74) is 4.96. The Morgan fingerprint density at radius 3 is 2.65 bits per heavy atom. The predicted molar refractivity (Wildman–Crippen MR) is 150 cm³/mol. The van der Waals surface area contributed by atoms with Gasteiger partial charge in [-0.25, -0.2) is 0 Å². The summed E-state index contributed by atoms with van der Waals surface area (Å²) in [5, 5.41) is 0. The molecule has 37 heavy (non-hydrogen) atoms. The highest BCUT2D eigenvalue weighted by atomic mass is 16.5. The number of benzene rings is 1. The lowest BCUT2D eigenvalue weighted by Gasteiger charge is -2.54. The average molecular weight is 508 g/mol. The second kappa shape index (κ2) is 11.1. The molecule has 0 amide bonds. The normalized spacial score (nSPS) is 33.2. The van der Waals surface area contributed by atoms with Crippen LogP contribution in [0.3, 0.4) is 0 Å². The summed E-state index contributed by atoms with van der Waals surface area (Å²) in [6, 6.07) is 6.44. The Labute approximate surface area is 225 Å². The first-order valence-corrected chi connectivity index (χ1v) is 15.1. The van der Waals surface area contributed by atoms with Crippen molar-refractivity contribution in [2.24, 2.45) is 35.0 Å². The summed E-state index contributed by atoms with van der Waals surface area (Å²) in [5.74, 6) is 6.05. The SMILES string of the molecule is CCN(CC)Cc1ccc(OCC[C@H]2CCC3C4C(CCC32C)C2=C(CC(=O)CC2)C[C@H]4C)c(OC)c1. The molecule has 4 aliphatic carbocycles. The van der Waals surface area contributed by atoms with Gasteiger partial charge in [0.25, 0.3) is 0 Å². The Bertz CT molecular complexity index is 1010. The summed E-state index contributed by atoms with van der Waals surface area (Å²) in [6.45, 7) is 13.3. The third-order valence-electron chi connectivity index (χ3n) is 11.0. The van der Waals surface area contributed by atoms with E-state index in [1.54, 1.807) is 12.7 Å². The number of allylic oxidation sites excluding steroid dienone is 2. The largest absolute Gasteiger partial charge is 0.493 e. The second-order valence-corrected chi connectivity index (χ2v) is 12.7. The molecule has 6 atom stereocenters. The third-order valence-corrected chi connectivity index (χ3v) is 11.0. The van der Waals surface area contributed by atoms with Gasteiger partial charge >= 0.3 is 0 Å². The molecule has 0 aromatic heterocycles. The minimum atomic E-state index is 0.430. The van der Waals surface area contributed by atoms with Gasteiger partial charge in [-0.1, -0.05) is 44.9 Å². The zero-order chi connectivity index (χ0) is 26.2. The molecule has 5 rings (SSSR count). The topological polar surface area (TPSA) is 38.8 Å². The maximum Gasteiger partial charge on any atom is 0.161 e. The standard InChI is InChI=1S/C33H49NO3/c1-6-34(7-2)21-23-8-13-30(31(19-23)36-5)37-17-15-25-9-12-29-32-22(3)18-24-20-26(35)10-11-27(24)28(32)14-16-33(25,29)4/h8,13,19,22,25,28-29,32H,6-7,9-12,14-18,20-21H2,1-5H3/t22-,25-,28?,29?,32?,33?/m1/s1. The summed E-state index contributed by atoms with van der Waals surface area (Å²) in [6.07, 6.45) is 10.3. The van der Waals surface area contributed by atoms with Crippen molar-refractivity contribution in [1.82, 2.24) is 4.90 Å². The number of ketones is 1. The molecular weight excluding hydrogens is 458 g/mol. The average Bonchev–Trinajstić information content (AvgIpc) is 3.23. The fraction of sp³-hybridized carbons (Fsp3) is 0.727. The van der Waals surface area contributed by atoms with Gasteiger partial charge in [0, 0.05) is 19.4 Å². The van der Waals surface area contributed by atoms with E-state index in [-0.39, 0.29) is 0 Å². The van der Waals surface area contributed by atoms with E-state index in [4.69, 9.17) is 9.47 Å². The number of hydrogen-bond donors (Lipinski definition) is 0. The zero-order valence-electron chi connectivity index (χ0n) is 24.0. The van der Waals surface area contributed by atoms with Crippen LogP contribution in [0, 0.1) is 35.0 Å². The summed E-state index contributed by atoms with van der Waals surface area (Å²) in [7, 11) is 1.75. The third kappa shape index (κ3) is 5.12. The first-order chi connectivity index (χ1) is 17.9. The van der Waals surface area contributed by atoms with E-state index in [0.29, 0.717) is 17.1 Å². The van der Waals surface area contributed by atoms with E-state index >= 15 is 0 Å². The van der Waals surface area contributed by atoms with Crippen LogP contribution in [0.25, 0.3) is 0 Å². The van der Waals surface area contributed by atoms with Crippen LogP contribution >= 0.6 is 0 Å². The second-order valence-electron chi connectivity index (χ2n) is 12.7. The van der Waals surface area contributed by atoms with E-state index in [1.165, 1.54) is 43.2 Å². The molecule has 0 heterocycles. The molecule has 4 nitrogen and oxygen atoms in total. The van der Waals surface area contributed by atoms with Gasteiger partial charge in [0.05, 0.1) is 13.7 Å². The van der Waals surface area contributed by atoms with Crippen molar-refractivity contribution in [2.45, 2.75) is 92.0 Å². The fourth-order valence-corrected chi connectivity index (χ4v) is 8.99. The number of ether oxygens (including phenoxy) is 2. The van der Waals surface area contributed by atoms with Crippen molar-refractivity contribution in [3.63, 3.8) is 0 Å². The Hall–Kier alpha value is -1.81. The maximum absolute atomic E-state index is 12.1. The van der Waals surface area contributed by atoms with E-state index < -0.39 is 0 Å². The molecule has 2 saturated carbocycles. The van der Waals surface area contributed by atoms with Crippen molar-refractivity contribution < 1.29 is 14.3 Å². The molecule has 0 bridgehead atoms. The predicted octanol–water partition coefficient (Wildman–Crippen LogP) is 7.45. The van der Waals surface area contributed by atoms with Crippen molar-refractivity contribution in [3.05, 3.63) is 34.9 Å². The van der Waals surface area contributed by atoms with Gasteiger partial charge in [-0.2, -0.15) is 0 Å². The van der Waals surface area contributed by atoms with Crippen LogP contribution < -0.4 is 9.47 Å². The minimum absolute atomic E-state index is 0.430. The molecule has 1 aromatic carbocycles. The maximum atomic E-state index is 12.1. The van der Waals surface area contributed by atoms with Crippen molar-refractivity contribution in [3.8, 4) is 11.5 Å². The molecule has 0 radical (unpaired) electrons. The molecule has 0 aliphatic heterocycles. The highest BCUT2D eigenvalue weighted by Crippen LogP contribution is 2.64. The number of fused-ring (bicyclic) bond motifs is 4. The molecule has 4 unspecified atom stereocenters. The van der Waals surface area contributed by atoms with Gasteiger partial charge in [-0.05, 0) is 111 Å². The number of carbonyl (C=O) groups is 1. The van der Waals surface area contributed by atoms with Crippen LogP contribution in [0.15, 0.2) is 29.3 Å². The van der Waals surface area contributed by atoms with E-state index in [9.17, 15) is 4.79 Å². The van der Waals surface area contributed by atoms with Gasteiger partial charge in [-0.3, -0.25) is 9.69 Å². The lowest BCUT2D eigenvalue weighted by molar-refractivity contribution is -0.119.